The standard InChI is InChI=1S/C13H17ClN4O/c1-9(2)15-7-10-8-18(17-16-10)13-6-11(19-3)4-5-12(13)14/h4-6,8-9,15H,7H2,1-3H3. The molecule has 0 radical (unpaired) electrons. The molecule has 0 bridgehead atoms. The Bertz CT molecular complexity index is 553. The molecule has 1 heterocycles. The van der Waals surface area contributed by atoms with Crippen molar-refractivity contribution in [2.75, 3.05) is 7.11 Å². The van der Waals surface area contributed by atoms with Gasteiger partial charge in [0, 0.05) is 18.7 Å². The molecule has 1 aromatic heterocycles. The number of rotatable bonds is 5. The van der Waals surface area contributed by atoms with Crippen molar-refractivity contribution in [3.05, 3.63) is 35.1 Å². The second-order valence-corrected chi connectivity index (χ2v) is 4.91. The summed E-state index contributed by atoms with van der Waals surface area (Å²) in [5.74, 6) is 0.733. The maximum absolute atomic E-state index is 6.16. The molecule has 6 heteroatoms. The Balaban J connectivity index is 2.22. The molecule has 0 aliphatic heterocycles. The van der Waals surface area contributed by atoms with Crippen molar-refractivity contribution >= 4 is 11.6 Å². The van der Waals surface area contributed by atoms with Gasteiger partial charge < -0.3 is 10.1 Å². The Morgan fingerprint density at radius 1 is 1.42 bits per heavy atom. The third-order valence-electron chi connectivity index (χ3n) is 2.63. The monoisotopic (exact) mass is 280 g/mol. The fourth-order valence-corrected chi connectivity index (χ4v) is 1.80. The average Bonchev–Trinajstić information content (AvgIpc) is 2.85. The Kier molecular flexibility index (Phi) is 4.39. The number of benzene rings is 1. The van der Waals surface area contributed by atoms with E-state index in [0.717, 1.165) is 17.1 Å². The van der Waals surface area contributed by atoms with Crippen molar-refractivity contribution in [1.29, 1.82) is 0 Å². The Morgan fingerprint density at radius 3 is 2.89 bits per heavy atom. The molecule has 0 spiro atoms. The molecule has 19 heavy (non-hydrogen) atoms. The summed E-state index contributed by atoms with van der Waals surface area (Å²) in [6, 6.07) is 5.83. The Morgan fingerprint density at radius 2 is 2.21 bits per heavy atom. The summed E-state index contributed by atoms with van der Waals surface area (Å²) >= 11 is 6.16. The smallest absolute Gasteiger partial charge is 0.121 e. The van der Waals surface area contributed by atoms with Crippen LogP contribution in [0.2, 0.25) is 5.02 Å². The van der Waals surface area contributed by atoms with Gasteiger partial charge in [0.1, 0.15) is 5.75 Å². The first kappa shape index (κ1) is 13.8. The highest BCUT2D eigenvalue weighted by molar-refractivity contribution is 6.32. The maximum Gasteiger partial charge on any atom is 0.121 e. The van der Waals surface area contributed by atoms with Crippen LogP contribution in [0.1, 0.15) is 19.5 Å². The molecular formula is C13H17ClN4O. The van der Waals surface area contributed by atoms with Crippen LogP contribution in [0.5, 0.6) is 5.75 Å². The van der Waals surface area contributed by atoms with E-state index in [9.17, 15) is 0 Å². The van der Waals surface area contributed by atoms with Gasteiger partial charge in [-0.1, -0.05) is 30.7 Å². The fraction of sp³-hybridized carbons (Fsp3) is 0.385. The van der Waals surface area contributed by atoms with Gasteiger partial charge in [-0.15, -0.1) is 5.10 Å². The lowest BCUT2D eigenvalue weighted by Gasteiger charge is -2.06. The van der Waals surface area contributed by atoms with Crippen molar-refractivity contribution in [2.45, 2.75) is 26.4 Å². The van der Waals surface area contributed by atoms with Crippen molar-refractivity contribution < 1.29 is 4.74 Å². The fourth-order valence-electron chi connectivity index (χ4n) is 1.60. The Hall–Kier alpha value is -1.59. The van der Waals surface area contributed by atoms with Gasteiger partial charge in [-0.25, -0.2) is 4.68 Å². The quantitative estimate of drug-likeness (QED) is 0.914. The van der Waals surface area contributed by atoms with E-state index < -0.39 is 0 Å². The highest BCUT2D eigenvalue weighted by Crippen LogP contribution is 2.24. The molecule has 0 aliphatic rings. The maximum atomic E-state index is 6.16. The number of aromatic nitrogens is 3. The first-order chi connectivity index (χ1) is 9.10. The van der Waals surface area contributed by atoms with E-state index in [4.69, 9.17) is 16.3 Å². The zero-order valence-corrected chi connectivity index (χ0v) is 12.0. The number of ether oxygens (including phenoxy) is 1. The summed E-state index contributed by atoms with van der Waals surface area (Å²) in [4.78, 5) is 0. The lowest BCUT2D eigenvalue weighted by atomic mass is 10.3. The highest BCUT2D eigenvalue weighted by Gasteiger charge is 2.08. The van der Waals surface area contributed by atoms with Gasteiger partial charge in [0.05, 0.1) is 29.7 Å². The van der Waals surface area contributed by atoms with Crippen LogP contribution in [-0.4, -0.2) is 28.1 Å². The van der Waals surface area contributed by atoms with Crippen molar-refractivity contribution in [2.24, 2.45) is 0 Å². The highest BCUT2D eigenvalue weighted by atomic mass is 35.5. The van der Waals surface area contributed by atoms with Gasteiger partial charge in [0.25, 0.3) is 0 Å². The lowest BCUT2D eigenvalue weighted by molar-refractivity contribution is 0.414. The van der Waals surface area contributed by atoms with Crippen LogP contribution in [-0.2, 0) is 6.54 Å². The summed E-state index contributed by atoms with van der Waals surface area (Å²) in [6.07, 6.45) is 1.86. The molecular weight excluding hydrogens is 264 g/mol. The van der Waals surface area contributed by atoms with Gasteiger partial charge in [0.2, 0.25) is 0 Å². The second kappa shape index (κ2) is 6.04. The number of hydrogen-bond acceptors (Lipinski definition) is 4. The van der Waals surface area contributed by atoms with Crippen LogP contribution >= 0.6 is 11.6 Å². The summed E-state index contributed by atoms with van der Waals surface area (Å²) in [6.45, 7) is 4.85. The van der Waals surface area contributed by atoms with Gasteiger partial charge in [-0.2, -0.15) is 0 Å². The van der Waals surface area contributed by atoms with E-state index in [2.05, 4.69) is 29.5 Å². The molecule has 0 fully saturated rings. The van der Waals surface area contributed by atoms with E-state index in [1.165, 1.54) is 0 Å². The summed E-state index contributed by atoms with van der Waals surface area (Å²) in [5.41, 5.74) is 1.62. The number of methoxy groups -OCH3 is 1. The zero-order chi connectivity index (χ0) is 13.8. The lowest BCUT2D eigenvalue weighted by Crippen LogP contribution is -2.21. The van der Waals surface area contributed by atoms with Crippen LogP contribution < -0.4 is 10.1 Å². The average molecular weight is 281 g/mol. The molecule has 0 amide bonds. The topological polar surface area (TPSA) is 52.0 Å². The molecule has 0 atom stereocenters. The van der Waals surface area contributed by atoms with Crippen LogP contribution in [0.3, 0.4) is 0 Å². The molecule has 1 N–H and O–H groups in total. The number of nitrogens with zero attached hydrogens (tertiary/aromatic N) is 3. The van der Waals surface area contributed by atoms with Gasteiger partial charge >= 0.3 is 0 Å². The first-order valence-corrected chi connectivity index (χ1v) is 6.46. The molecule has 1 aromatic carbocycles. The third-order valence-corrected chi connectivity index (χ3v) is 2.95. The zero-order valence-electron chi connectivity index (χ0n) is 11.2. The molecule has 0 saturated carbocycles. The molecule has 2 aromatic rings. The van der Waals surface area contributed by atoms with E-state index in [-0.39, 0.29) is 0 Å². The molecule has 0 unspecified atom stereocenters. The number of hydrogen-bond donors (Lipinski definition) is 1. The van der Waals surface area contributed by atoms with E-state index >= 15 is 0 Å². The summed E-state index contributed by atoms with van der Waals surface area (Å²) < 4.78 is 6.84. The molecule has 5 nitrogen and oxygen atoms in total. The Labute approximate surface area is 117 Å². The summed E-state index contributed by atoms with van der Waals surface area (Å²) in [5, 5.41) is 12.1. The third kappa shape index (κ3) is 3.45. The van der Waals surface area contributed by atoms with E-state index in [1.54, 1.807) is 17.9 Å². The minimum Gasteiger partial charge on any atom is -0.497 e. The van der Waals surface area contributed by atoms with Gasteiger partial charge in [0.15, 0.2) is 0 Å². The largest absolute Gasteiger partial charge is 0.497 e. The van der Waals surface area contributed by atoms with Crippen LogP contribution in [0, 0.1) is 0 Å². The SMILES string of the molecule is COc1ccc(Cl)c(-n2cc(CNC(C)C)nn2)c1. The predicted octanol–water partition coefficient (Wildman–Crippen LogP) is 2.43. The molecule has 2 rings (SSSR count). The summed E-state index contributed by atoms with van der Waals surface area (Å²) in [7, 11) is 1.62. The van der Waals surface area contributed by atoms with Gasteiger partial charge in [-0.05, 0) is 12.1 Å². The van der Waals surface area contributed by atoms with E-state index in [1.807, 2.05) is 18.3 Å². The molecule has 102 valence electrons. The van der Waals surface area contributed by atoms with Crippen LogP contribution in [0.25, 0.3) is 5.69 Å². The molecule has 0 aliphatic carbocycles. The van der Waals surface area contributed by atoms with Crippen LogP contribution in [0.15, 0.2) is 24.4 Å². The van der Waals surface area contributed by atoms with Crippen LogP contribution in [0.4, 0.5) is 0 Å². The predicted molar refractivity (Wildman–Crippen MR) is 74.9 cm³/mol. The van der Waals surface area contributed by atoms with E-state index in [0.29, 0.717) is 17.6 Å². The van der Waals surface area contributed by atoms with Crippen molar-refractivity contribution in [1.82, 2.24) is 20.3 Å². The minimum atomic E-state index is 0.408. The minimum absolute atomic E-state index is 0.408. The first-order valence-electron chi connectivity index (χ1n) is 6.08. The number of nitrogens with one attached hydrogen (secondary N) is 1. The molecule has 0 saturated heterocycles. The van der Waals surface area contributed by atoms with Crippen molar-refractivity contribution in [3.63, 3.8) is 0 Å². The number of halogens is 1. The normalized spacial score (nSPS) is 11.0. The van der Waals surface area contributed by atoms with Crippen molar-refractivity contribution in [3.8, 4) is 11.4 Å². The van der Waals surface area contributed by atoms with Gasteiger partial charge in [-0.3, -0.25) is 0 Å². The second-order valence-electron chi connectivity index (χ2n) is 4.51.